The van der Waals surface area contributed by atoms with Crippen LogP contribution >= 0.6 is 0 Å². The van der Waals surface area contributed by atoms with E-state index in [1.54, 1.807) is 21.3 Å². The minimum absolute atomic E-state index is 0.120. The summed E-state index contributed by atoms with van der Waals surface area (Å²) in [7, 11) is 4.78. The first-order valence-corrected chi connectivity index (χ1v) is 9.53. The summed E-state index contributed by atoms with van der Waals surface area (Å²) in [6, 6.07) is 5.83. The summed E-state index contributed by atoms with van der Waals surface area (Å²) >= 11 is 0. The molecule has 1 amide bonds. The van der Waals surface area contributed by atoms with Gasteiger partial charge in [-0.3, -0.25) is 4.79 Å². The molecular formula is C22H23NO5. The lowest BCUT2D eigenvalue weighted by Crippen LogP contribution is -2.51. The van der Waals surface area contributed by atoms with Crippen LogP contribution in [0.3, 0.4) is 0 Å². The maximum absolute atomic E-state index is 12.7. The molecule has 6 nitrogen and oxygen atoms in total. The first-order chi connectivity index (χ1) is 13.5. The molecule has 3 aliphatic rings. The number of fused-ring (bicyclic) bond motifs is 2. The first-order valence-electron chi connectivity index (χ1n) is 9.53. The van der Waals surface area contributed by atoms with Crippen molar-refractivity contribution in [1.82, 2.24) is 4.90 Å². The minimum atomic E-state index is -0.406. The second-order valence-electron chi connectivity index (χ2n) is 7.70. The standard InChI is InChI=1S/C22H23NO5/c1-26-15-9-13-11-22-6-4-18(24)23(22)7-5-12-8-17(28-3)21(25)19(20(12)22)14(13)10-16(15)27-2/h8-10,25H,4-7,11H2,1-3H3/t22-/m0/s1. The monoisotopic (exact) mass is 381 g/mol. The number of carbonyl (C=O) groups excluding carboxylic acids is 1. The number of aromatic hydroxyl groups is 1. The van der Waals surface area contributed by atoms with Crippen molar-refractivity contribution in [2.24, 2.45) is 0 Å². The van der Waals surface area contributed by atoms with Crippen molar-refractivity contribution in [2.75, 3.05) is 27.9 Å². The first kappa shape index (κ1) is 17.2. The fraction of sp³-hybridized carbons (Fsp3) is 0.409. The number of methoxy groups -OCH3 is 3. The van der Waals surface area contributed by atoms with Crippen molar-refractivity contribution >= 4 is 5.91 Å². The molecule has 1 aliphatic carbocycles. The summed E-state index contributed by atoms with van der Waals surface area (Å²) in [6.07, 6.45) is 2.76. The maximum Gasteiger partial charge on any atom is 0.223 e. The molecule has 1 fully saturated rings. The van der Waals surface area contributed by atoms with Crippen LogP contribution in [0.1, 0.15) is 29.5 Å². The number of phenolic OH excluding ortho intramolecular Hbond substituents is 1. The average Bonchev–Trinajstić information content (AvgIpc) is 3.04. The topological polar surface area (TPSA) is 68.2 Å². The van der Waals surface area contributed by atoms with Crippen LogP contribution in [-0.4, -0.2) is 43.8 Å². The third-order valence-electron chi connectivity index (χ3n) is 6.57. The molecule has 0 radical (unpaired) electrons. The van der Waals surface area contributed by atoms with E-state index in [1.807, 2.05) is 23.1 Å². The third kappa shape index (κ3) is 2.00. The number of benzene rings is 2. The smallest absolute Gasteiger partial charge is 0.223 e. The Labute approximate surface area is 163 Å². The highest BCUT2D eigenvalue weighted by atomic mass is 16.5. The maximum atomic E-state index is 12.7. The Bertz CT molecular complexity index is 1010. The molecule has 28 heavy (non-hydrogen) atoms. The zero-order valence-electron chi connectivity index (χ0n) is 16.3. The molecule has 5 rings (SSSR count). The van der Waals surface area contributed by atoms with E-state index < -0.39 is 5.54 Å². The van der Waals surface area contributed by atoms with E-state index >= 15 is 0 Å². The quantitative estimate of drug-likeness (QED) is 0.885. The van der Waals surface area contributed by atoms with Crippen molar-refractivity contribution in [3.8, 4) is 34.1 Å². The summed E-state index contributed by atoms with van der Waals surface area (Å²) in [6.45, 7) is 0.696. The highest BCUT2D eigenvalue weighted by Crippen LogP contribution is 2.58. The fourth-order valence-electron chi connectivity index (χ4n) is 5.39. The predicted molar refractivity (Wildman–Crippen MR) is 103 cm³/mol. The van der Waals surface area contributed by atoms with E-state index in [9.17, 15) is 9.90 Å². The number of hydrogen-bond acceptors (Lipinski definition) is 5. The van der Waals surface area contributed by atoms with Crippen molar-refractivity contribution in [3.05, 3.63) is 34.9 Å². The lowest BCUT2D eigenvalue weighted by atomic mass is 9.68. The SMILES string of the molecule is COc1cc2c(cc1OC)-c1c(O)c(OC)cc3c1[C@]1(CCC(=O)N1CC3)C2. The van der Waals surface area contributed by atoms with Crippen molar-refractivity contribution in [1.29, 1.82) is 0 Å². The van der Waals surface area contributed by atoms with Gasteiger partial charge >= 0.3 is 0 Å². The molecule has 1 atom stereocenters. The minimum Gasteiger partial charge on any atom is -0.504 e. The third-order valence-corrected chi connectivity index (χ3v) is 6.57. The molecule has 0 saturated carbocycles. The van der Waals surface area contributed by atoms with Gasteiger partial charge < -0.3 is 24.2 Å². The number of carbonyl (C=O) groups is 1. The second kappa shape index (κ2) is 5.80. The Hall–Kier alpha value is -2.89. The van der Waals surface area contributed by atoms with Crippen LogP contribution in [0, 0.1) is 0 Å². The molecule has 2 aromatic carbocycles. The van der Waals surface area contributed by atoms with Gasteiger partial charge in [0.2, 0.25) is 5.91 Å². The molecule has 2 heterocycles. The summed E-state index contributed by atoms with van der Waals surface area (Å²) < 4.78 is 16.5. The van der Waals surface area contributed by atoms with Gasteiger partial charge in [-0.25, -0.2) is 0 Å². The number of phenols is 1. The Kier molecular flexibility index (Phi) is 3.57. The number of amides is 1. The fourth-order valence-corrected chi connectivity index (χ4v) is 5.39. The van der Waals surface area contributed by atoms with Gasteiger partial charge in [0.05, 0.1) is 26.9 Å². The molecule has 2 aromatic rings. The molecule has 1 spiro atoms. The van der Waals surface area contributed by atoms with Crippen molar-refractivity contribution in [2.45, 2.75) is 31.2 Å². The Morgan fingerprint density at radius 2 is 1.64 bits per heavy atom. The van der Waals surface area contributed by atoms with E-state index in [4.69, 9.17) is 14.2 Å². The van der Waals surface area contributed by atoms with E-state index in [0.717, 1.165) is 40.7 Å². The van der Waals surface area contributed by atoms with Crippen LogP contribution in [0.2, 0.25) is 0 Å². The number of nitrogens with zero attached hydrogens (tertiary/aromatic N) is 1. The summed E-state index contributed by atoms with van der Waals surface area (Å²) in [5.74, 6) is 2.04. The molecule has 146 valence electrons. The van der Waals surface area contributed by atoms with E-state index in [0.29, 0.717) is 36.6 Å². The van der Waals surface area contributed by atoms with E-state index in [1.165, 1.54) is 0 Å². The number of rotatable bonds is 3. The van der Waals surface area contributed by atoms with Gasteiger partial charge in [0, 0.05) is 24.9 Å². The molecule has 0 bridgehead atoms. The molecule has 2 aliphatic heterocycles. The van der Waals surface area contributed by atoms with Crippen molar-refractivity contribution < 1.29 is 24.1 Å². The molecule has 6 heteroatoms. The Morgan fingerprint density at radius 1 is 0.964 bits per heavy atom. The van der Waals surface area contributed by atoms with Gasteiger partial charge in [-0.15, -0.1) is 0 Å². The van der Waals surface area contributed by atoms with Gasteiger partial charge in [0.1, 0.15) is 0 Å². The Balaban J connectivity index is 1.88. The number of ether oxygens (including phenoxy) is 3. The van der Waals surface area contributed by atoms with Crippen LogP contribution in [0.5, 0.6) is 23.0 Å². The normalized spacial score (nSPS) is 21.7. The van der Waals surface area contributed by atoms with Crippen LogP contribution < -0.4 is 14.2 Å². The second-order valence-corrected chi connectivity index (χ2v) is 7.70. The van der Waals surface area contributed by atoms with Gasteiger partial charge in [-0.2, -0.15) is 0 Å². The van der Waals surface area contributed by atoms with Crippen LogP contribution in [0.4, 0.5) is 0 Å². The van der Waals surface area contributed by atoms with Gasteiger partial charge in [-0.05, 0) is 53.3 Å². The molecule has 1 N–H and O–H groups in total. The van der Waals surface area contributed by atoms with Crippen LogP contribution in [0.25, 0.3) is 11.1 Å². The molecular weight excluding hydrogens is 358 g/mol. The van der Waals surface area contributed by atoms with E-state index in [-0.39, 0.29) is 11.7 Å². The summed E-state index contributed by atoms with van der Waals surface area (Å²) in [4.78, 5) is 14.7. The highest BCUT2D eigenvalue weighted by molar-refractivity contribution is 5.89. The zero-order chi connectivity index (χ0) is 19.6. The van der Waals surface area contributed by atoms with Crippen molar-refractivity contribution in [3.63, 3.8) is 0 Å². The lowest BCUT2D eigenvalue weighted by molar-refractivity contribution is -0.132. The van der Waals surface area contributed by atoms with Gasteiger partial charge in [0.15, 0.2) is 23.0 Å². The summed E-state index contributed by atoms with van der Waals surface area (Å²) in [5.41, 5.74) is 4.53. The van der Waals surface area contributed by atoms with Crippen LogP contribution in [0.15, 0.2) is 18.2 Å². The lowest BCUT2D eigenvalue weighted by Gasteiger charge is -2.48. The largest absolute Gasteiger partial charge is 0.504 e. The van der Waals surface area contributed by atoms with Gasteiger partial charge in [0.25, 0.3) is 0 Å². The van der Waals surface area contributed by atoms with Gasteiger partial charge in [-0.1, -0.05) is 0 Å². The van der Waals surface area contributed by atoms with Crippen LogP contribution in [-0.2, 0) is 23.2 Å². The predicted octanol–water partition coefficient (Wildman–Crippen LogP) is 3.01. The molecule has 1 saturated heterocycles. The highest BCUT2D eigenvalue weighted by Gasteiger charge is 2.53. The van der Waals surface area contributed by atoms with E-state index in [2.05, 4.69) is 0 Å². The molecule has 0 aromatic heterocycles. The number of hydrogen-bond donors (Lipinski definition) is 1. The zero-order valence-corrected chi connectivity index (χ0v) is 16.3. The molecule has 0 unspecified atom stereocenters. The summed E-state index contributed by atoms with van der Waals surface area (Å²) in [5, 5.41) is 11.1. The average molecular weight is 381 g/mol. The Morgan fingerprint density at radius 3 is 2.36 bits per heavy atom.